The van der Waals surface area contributed by atoms with Crippen molar-refractivity contribution in [1.82, 2.24) is 20.3 Å². The molecule has 0 spiro atoms. The van der Waals surface area contributed by atoms with E-state index in [-0.39, 0.29) is 12.5 Å². The minimum atomic E-state index is -1.10. The maximum Gasteiger partial charge on any atom is 0.227 e. The molecule has 1 fully saturated rings. The van der Waals surface area contributed by atoms with E-state index in [1.807, 2.05) is 0 Å². The largest absolute Gasteiger partial charge is 0.382 e. The van der Waals surface area contributed by atoms with Crippen LogP contribution in [0.25, 0.3) is 0 Å². The van der Waals surface area contributed by atoms with E-state index in [0.29, 0.717) is 25.1 Å². The Morgan fingerprint density at radius 3 is 3.00 bits per heavy atom. The molecule has 2 aromatic rings. The predicted molar refractivity (Wildman–Crippen MR) is 88.3 cm³/mol. The number of likely N-dealkylation sites (tertiary alicyclic amines) is 1. The van der Waals surface area contributed by atoms with Crippen molar-refractivity contribution in [2.45, 2.75) is 44.1 Å². The Hall–Kier alpha value is -2.21. The van der Waals surface area contributed by atoms with Crippen molar-refractivity contribution in [3.8, 4) is 0 Å². The Kier molecular flexibility index (Phi) is 3.84. The highest BCUT2D eigenvalue weighted by Crippen LogP contribution is 2.30. The molecule has 2 N–H and O–H groups in total. The summed E-state index contributed by atoms with van der Waals surface area (Å²) in [6, 6.07) is 6.40. The monoisotopic (exact) mass is 326 g/mol. The zero-order valence-electron chi connectivity index (χ0n) is 13.7. The summed E-state index contributed by atoms with van der Waals surface area (Å²) in [5.41, 5.74) is 3.29. The summed E-state index contributed by atoms with van der Waals surface area (Å²) in [7, 11) is 0. The Bertz CT molecular complexity index is 743. The average molecular weight is 326 g/mol. The lowest BCUT2D eigenvalue weighted by Gasteiger charge is -2.38. The number of piperidine rings is 1. The number of hydrogen-bond donors (Lipinski definition) is 2. The molecule has 1 amide bonds. The van der Waals surface area contributed by atoms with Gasteiger partial charge in [-0.3, -0.25) is 4.79 Å². The molecule has 1 saturated heterocycles. The number of nitrogens with one attached hydrogen (secondary N) is 1. The Labute approximate surface area is 140 Å². The minimum absolute atomic E-state index is 0.0644. The molecule has 0 radical (unpaired) electrons. The highest BCUT2D eigenvalue weighted by atomic mass is 16.3. The number of amides is 1. The molecule has 0 saturated carbocycles. The number of β-amino-alcohol motifs (C(OH)–C–C–N with tert-alkyl or cyclic N) is 1. The van der Waals surface area contributed by atoms with Gasteiger partial charge in [0.05, 0.1) is 19.2 Å². The second kappa shape index (κ2) is 6.02. The van der Waals surface area contributed by atoms with Gasteiger partial charge in [0.15, 0.2) is 0 Å². The topological polar surface area (TPSA) is 82.1 Å². The number of aromatic nitrogens is 3. The van der Waals surface area contributed by atoms with E-state index in [0.717, 1.165) is 24.8 Å². The van der Waals surface area contributed by atoms with Crippen LogP contribution in [0.15, 0.2) is 24.4 Å². The highest BCUT2D eigenvalue weighted by Gasteiger charge is 2.38. The number of aliphatic hydroxyl groups is 1. The molecule has 1 atom stereocenters. The number of aromatic amines is 1. The van der Waals surface area contributed by atoms with Crippen LogP contribution in [0.1, 0.15) is 41.6 Å². The number of H-pyrrole nitrogens is 1. The van der Waals surface area contributed by atoms with Crippen LogP contribution in [0.4, 0.5) is 0 Å². The molecule has 1 aromatic heterocycles. The van der Waals surface area contributed by atoms with Gasteiger partial charge < -0.3 is 10.0 Å². The second-order valence-corrected chi connectivity index (χ2v) is 6.94. The van der Waals surface area contributed by atoms with Crippen LogP contribution in [-0.4, -0.2) is 44.4 Å². The van der Waals surface area contributed by atoms with Gasteiger partial charge in [0, 0.05) is 6.54 Å². The first-order valence-corrected chi connectivity index (χ1v) is 8.61. The Balaban J connectivity index is 1.46. The fraction of sp³-hybridized carbons (Fsp3) is 0.500. The fourth-order valence-corrected chi connectivity index (χ4v) is 3.91. The molecule has 2 heterocycles. The summed E-state index contributed by atoms with van der Waals surface area (Å²) < 4.78 is 0. The average Bonchev–Trinajstić information content (AvgIpc) is 3.26. The van der Waals surface area contributed by atoms with Crippen molar-refractivity contribution in [3.05, 3.63) is 46.8 Å². The molecule has 1 aliphatic carbocycles. The van der Waals surface area contributed by atoms with Crippen LogP contribution >= 0.6 is 0 Å². The van der Waals surface area contributed by atoms with Crippen molar-refractivity contribution in [1.29, 1.82) is 0 Å². The summed E-state index contributed by atoms with van der Waals surface area (Å²) in [5.74, 6) is 0.0644. The maximum atomic E-state index is 12.7. The van der Waals surface area contributed by atoms with E-state index in [2.05, 4.69) is 33.6 Å². The Morgan fingerprint density at radius 1 is 1.29 bits per heavy atom. The number of carbonyl (C=O) groups is 1. The van der Waals surface area contributed by atoms with E-state index >= 15 is 0 Å². The van der Waals surface area contributed by atoms with Gasteiger partial charge in [0.1, 0.15) is 11.3 Å². The van der Waals surface area contributed by atoms with E-state index in [9.17, 15) is 9.90 Å². The lowest BCUT2D eigenvalue weighted by atomic mass is 9.89. The van der Waals surface area contributed by atoms with Gasteiger partial charge in [0.25, 0.3) is 0 Å². The van der Waals surface area contributed by atoms with E-state index < -0.39 is 5.60 Å². The third kappa shape index (κ3) is 2.82. The number of fused-ring (bicyclic) bond motifs is 1. The van der Waals surface area contributed by atoms with Crippen LogP contribution in [0.3, 0.4) is 0 Å². The molecule has 0 unspecified atom stereocenters. The van der Waals surface area contributed by atoms with Crippen molar-refractivity contribution in [2.75, 3.05) is 13.1 Å². The normalized spacial score (nSPS) is 23.3. The third-order valence-electron chi connectivity index (χ3n) is 5.23. The molecule has 6 heteroatoms. The molecule has 126 valence electrons. The molecule has 4 rings (SSSR count). The molecule has 6 nitrogen and oxygen atoms in total. The molecule has 1 aromatic carbocycles. The fourth-order valence-electron chi connectivity index (χ4n) is 3.91. The highest BCUT2D eigenvalue weighted by molar-refractivity contribution is 5.79. The first kappa shape index (κ1) is 15.3. The van der Waals surface area contributed by atoms with Crippen LogP contribution in [-0.2, 0) is 29.7 Å². The summed E-state index contributed by atoms with van der Waals surface area (Å²) in [4.78, 5) is 14.5. The number of hydrogen-bond acceptors (Lipinski definition) is 4. The van der Waals surface area contributed by atoms with Crippen LogP contribution in [0, 0.1) is 0 Å². The third-order valence-corrected chi connectivity index (χ3v) is 5.23. The molecular weight excluding hydrogens is 304 g/mol. The van der Waals surface area contributed by atoms with Crippen molar-refractivity contribution in [3.63, 3.8) is 0 Å². The van der Waals surface area contributed by atoms with Gasteiger partial charge >= 0.3 is 0 Å². The number of rotatable bonds is 3. The quantitative estimate of drug-likeness (QED) is 0.892. The van der Waals surface area contributed by atoms with Crippen molar-refractivity contribution in [2.24, 2.45) is 0 Å². The predicted octanol–water partition coefficient (Wildman–Crippen LogP) is 1.35. The summed E-state index contributed by atoms with van der Waals surface area (Å²) >= 11 is 0. The zero-order valence-corrected chi connectivity index (χ0v) is 13.7. The van der Waals surface area contributed by atoms with Crippen molar-refractivity contribution < 1.29 is 9.90 Å². The summed E-state index contributed by atoms with van der Waals surface area (Å²) in [5, 5.41) is 21.1. The first-order chi connectivity index (χ1) is 11.6. The standard InChI is InChI=1S/C18H22N4O2/c23-17(10-13-5-6-14-3-1-4-15(14)9-13)22-8-2-7-18(24,12-22)16-11-19-21-20-16/h5-6,9,11,24H,1-4,7-8,10,12H2,(H,19,20,21)/t18-/m0/s1. The summed E-state index contributed by atoms with van der Waals surface area (Å²) in [6.07, 6.45) is 6.77. The summed E-state index contributed by atoms with van der Waals surface area (Å²) in [6.45, 7) is 0.966. The molecular formula is C18H22N4O2. The van der Waals surface area contributed by atoms with Gasteiger partial charge in [0.2, 0.25) is 5.91 Å². The SMILES string of the molecule is O=C(Cc1ccc2c(c1)CCC2)N1CCC[C@@](O)(c2cn[nH]n2)C1. The number of aryl methyl sites for hydroxylation is 2. The second-order valence-electron chi connectivity index (χ2n) is 6.94. The number of benzene rings is 1. The van der Waals surface area contributed by atoms with Gasteiger partial charge in [-0.25, -0.2) is 0 Å². The first-order valence-electron chi connectivity index (χ1n) is 8.61. The van der Waals surface area contributed by atoms with Gasteiger partial charge in [-0.2, -0.15) is 15.4 Å². The van der Waals surface area contributed by atoms with E-state index in [4.69, 9.17) is 0 Å². The van der Waals surface area contributed by atoms with Gasteiger partial charge in [-0.1, -0.05) is 18.2 Å². The number of carbonyl (C=O) groups excluding carboxylic acids is 1. The van der Waals surface area contributed by atoms with Crippen LogP contribution < -0.4 is 0 Å². The molecule has 0 bridgehead atoms. The number of nitrogens with zero attached hydrogens (tertiary/aromatic N) is 3. The van der Waals surface area contributed by atoms with Crippen LogP contribution in [0.5, 0.6) is 0 Å². The van der Waals surface area contributed by atoms with Crippen molar-refractivity contribution >= 4 is 5.91 Å². The van der Waals surface area contributed by atoms with Crippen LogP contribution in [0.2, 0.25) is 0 Å². The van der Waals surface area contributed by atoms with Gasteiger partial charge in [-0.05, 0) is 48.8 Å². The molecule has 2 aliphatic rings. The molecule has 24 heavy (non-hydrogen) atoms. The lowest BCUT2D eigenvalue weighted by molar-refractivity contribution is -0.138. The van der Waals surface area contributed by atoms with E-state index in [1.165, 1.54) is 23.7 Å². The van der Waals surface area contributed by atoms with E-state index in [1.54, 1.807) is 4.90 Å². The lowest BCUT2D eigenvalue weighted by Crippen LogP contribution is -2.49. The Morgan fingerprint density at radius 2 is 2.17 bits per heavy atom. The maximum absolute atomic E-state index is 12.7. The zero-order chi connectivity index (χ0) is 16.6. The minimum Gasteiger partial charge on any atom is -0.382 e. The van der Waals surface area contributed by atoms with Gasteiger partial charge in [-0.15, -0.1) is 0 Å². The molecule has 1 aliphatic heterocycles. The smallest absolute Gasteiger partial charge is 0.227 e.